The van der Waals surface area contributed by atoms with Gasteiger partial charge in [0.2, 0.25) is 0 Å². The van der Waals surface area contributed by atoms with E-state index in [-0.39, 0.29) is 0 Å². The molecule has 0 aromatic carbocycles. The summed E-state index contributed by atoms with van der Waals surface area (Å²) < 4.78 is 0. The molecule has 1 nitrogen and oxygen atoms in total. The number of aliphatic hydroxyl groups excluding tert-OH is 1. The molecular formula is C12H24O. The van der Waals surface area contributed by atoms with Crippen LogP contribution in [-0.4, -0.2) is 11.7 Å². The highest BCUT2D eigenvalue weighted by Crippen LogP contribution is 2.51. The monoisotopic (exact) mass is 184 g/mol. The lowest BCUT2D eigenvalue weighted by molar-refractivity contribution is 0.177. The summed E-state index contributed by atoms with van der Waals surface area (Å²) in [4.78, 5) is 0. The van der Waals surface area contributed by atoms with Gasteiger partial charge in [-0.3, -0.25) is 0 Å². The zero-order chi connectivity index (χ0) is 9.73. The van der Waals surface area contributed by atoms with Crippen LogP contribution in [0.1, 0.15) is 58.8 Å². The van der Waals surface area contributed by atoms with Crippen molar-refractivity contribution in [2.45, 2.75) is 58.8 Å². The zero-order valence-electron chi connectivity index (χ0n) is 9.18. The minimum absolute atomic E-state index is 0.370. The minimum Gasteiger partial charge on any atom is -0.396 e. The summed E-state index contributed by atoms with van der Waals surface area (Å²) in [6.45, 7) is 4.96. The van der Waals surface area contributed by atoms with E-state index in [0.29, 0.717) is 12.0 Å². The van der Waals surface area contributed by atoms with Crippen LogP contribution in [0.25, 0.3) is 0 Å². The summed E-state index contributed by atoms with van der Waals surface area (Å²) >= 11 is 0. The average Bonchev–Trinajstić information content (AvgIpc) is 2.87. The van der Waals surface area contributed by atoms with Gasteiger partial charge in [0.1, 0.15) is 0 Å². The largest absolute Gasteiger partial charge is 0.396 e. The third-order valence-corrected chi connectivity index (χ3v) is 3.41. The Morgan fingerprint density at radius 2 is 1.69 bits per heavy atom. The molecule has 1 aliphatic carbocycles. The van der Waals surface area contributed by atoms with E-state index < -0.39 is 0 Å². The van der Waals surface area contributed by atoms with Crippen molar-refractivity contribution in [3.05, 3.63) is 0 Å². The normalized spacial score (nSPS) is 19.4. The third-order valence-electron chi connectivity index (χ3n) is 3.41. The molecule has 0 radical (unpaired) electrons. The fraction of sp³-hybridized carbons (Fsp3) is 1.00. The first-order valence-electron chi connectivity index (χ1n) is 5.87. The van der Waals surface area contributed by atoms with Gasteiger partial charge in [0.15, 0.2) is 0 Å². The molecule has 0 aromatic rings. The van der Waals surface area contributed by atoms with Gasteiger partial charge in [0.05, 0.1) is 0 Å². The predicted molar refractivity (Wildman–Crippen MR) is 56.7 cm³/mol. The Hall–Kier alpha value is -0.0400. The SMILES string of the molecule is CCCC(CCC)CC1(CO)CC1. The average molecular weight is 184 g/mol. The highest BCUT2D eigenvalue weighted by molar-refractivity contribution is 4.93. The lowest BCUT2D eigenvalue weighted by Gasteiger charge is -2.20. The first-order valence-corrected chi connectivity index (χ1v) is 5.87. The van der Waals surface area contributed by atoms with Crippen molar-refractivity contribution in [2.24, 2.45) is 11.3 Å². The molecule has 0 saturated heterocycles. The van der Waals surface area contributed by atoms with E-state index in [9.17, 15) is 5.11 Å². The minimum atomic E-state index is 0.370. The summed E-state index contributed by atoms with van der Waals surface area (Å²) in [6, 6.07) is 0. The maximum atomic E-state index is 9.24. The van der Waals surface area contributed by atoms with Crippen LogP contribution in [0, 0.1) is 11.3 Å². The molecule has 0 unspecified atom stereocenters. The maximum Gasteiger partial charge on any atom is 0.0487 e. The van der Waals surface area contributed by atoms with Crippen molar-refractivity contribution in [3.8, 4) is 0 Å². The Morgan fingerprint density at radius 3 is 2.00 bits per heavy atom. The first kappa shape index (κ1) is 11.0. The fourth-order valence-corrected chi connectivity index (χ4v) is 2.38. The van der Waals surface area contributed by atoms with Crippen LogP contribution >= 0.6 is 0 Å². The van der Waals surface area contributed by atoms with Gasteiger partial charge in [0.25, 0.3) is 0 Å². The fourth-order valence-electron chi connectivity index (χ4n) is 2.38. The van der Waals surface area contributed by atoms with Crippen LogP contribution in [0.5, 0.6) is 0 Å². The second-order valence-corrected chi connectivity index (χ2v) is 4.81. The molecule has 0 spiro atoms. The molecule has 0 aromatic heterocycles. The number of hydrogen-bond donors (Lipinski definition) is 1. The quantitative estimate of drug-likeness (QED) is 0.643. The zero-order valence-corrected chi connectivity index (χ0v) is 9.18. The molecule has 1 heteroatoms. The molecular weight excluding hydrogens is 160 g/mol. The molecule has 13 heavy (non-hydrogen) atoms. The summed E-state index contributed by atoms with van der Waals surface area (Å²) in [5.74, 6) is 0.879. The van der Waals surface area contributed by atoms with E-state index in [1.807, 2.05) is 0 Å². The molecule has 1 fully saturated rings. The molecule has 1 N–H and O–H groups in total. The van der Waals surface area contributed by atoms with Crippen molar-refractivity contribution in [1.82, 2.24) is 0 Å². The molecule has 1 rings (SSSR count). The summed E-state index contributed by atoms with van der Waals surface area (Å²) in [7, 11) is 0. The van der Waals surface area contributed by atoms with Gasteiger partial charge in [-0.05, 0) is 30.6 Å². The first-order chi connectivity index (χ1) is 6.26. The van der Waals surface area contributed by atoms with E-state index in [4.69, 9.17) is 0 Å². The van der Waals surface area contributed by atoms with Crippen LogP contribution in [-0.2, 0) is 0 Å². The number of aliphatic hydroxyl groups is 1. The van der Waals surface area contributed by atoms with E-state index in [1.54, 1.807) is 0 Å². The van der Waals surface area contributed by atoms with E-state index in [0.717, 1.165) is 5.92 Å². The maximum absolute atomic E-state index is 9.24. The van der Waals surface area contributed by atoms with Crippen LogP contribution in [0.3, 0.4) is 0 Å². The Labute approximate surface area is 82.5 Å². The molecule has 0 aliphatic heterocycles. The lowest BCUT2D eigenvalue weighted by atomic mass is 9.86. The Kier molecular flexibility index (Phi) is 4.24. The predicted octanol–water partition coefficient (Wildman–Crippen LogP) is 3.37. The second-order valence-electron chi connectivity index (χ2n) is 4.81. The van der Waals surface area contributed by atoms with Gasteiger partial charge < -0.3 is 5.11 Å². The molecule has 0 heterocycles. The van der Waals surface area contributed by atoms with Crippen LogP contribution in [0.2, 0.25) is 0 Å². The van der Waals surface area contributed by atoms with E-state index in [2.05, 4.69) is 13.8 Å². The number of hydrogen-bond acceptors (Lipinski definition) is 1. The van der Waals surface area contributed by atoms with Crippen LogP contribution in [0.15, 0.2) is 0 Å². The van der Waals surface area contributed by atoms with Gasteiger partial charge in [-0.25, -0.2) is 0 Å². The summed E-state index contributed by atoms with van der Waals surface area (Å²) in [5, 5.41) is 9.24. The number of rotatable bonds is 7. The van der Waals surface area contributed by atoms with E-state index in [1.165, 1.54) is 44.9 Å². The van der Waals surface area contributed by atoms with Crippen molar-refractivity contribution in [2.75, 3.05) is 6.61 Å². The van der Waals surface area contributed by atoms with Crippen LogP contribution < -0.4 is 0 Å². The standard InChI is InChI=1S/C12H24O/c1-3-5-11(6-4-2)9-12(10-13)7-8-12/h11,13H,3-10H2,1-2H3. The smallest absolute Gasteiger partial charge is 0.0487 e. The summed E-state index contributed by atoms with van der Waals surface area (Å²) in [5.41, 5.74) is 0.370. The summed E-state index contributed by atoms with van der Waals surface area (Å²) in [6.07, 6.45) is 9.13. The molecule has 1 aliphatic rings. The Balaban J connectivity index is 2.28. The van der Waals surface area contributed by atoms with Crippen molar-refractivity contribution >= 4 is 0 Å². The van der Waals surface area contributed by atoms with Crippen molar-refractivity contribution in [3.63, 3.8) is 0 Å². The highest BCUT2D eigenvalue weighted by atomic mass is 16.3. The van der Waals surface area contributed by atoms with Gasteiger partial charge in [0, 0.05) is 6.61 Å². The third kappa shape index (κ3) is 3.30. The van der Waals surface area contributed by atoms with Crippen LogP contribution in [0.4, 0.5) is 0 Å². The molecule has 1 saturated carbocycles. The van der Waals surface area contributed by atoms with Crippen molar-refractivity contribution in [1.29, 1.82) is 0 Å². The van der Waals surface area contributed by atoms with E-state index >= 15 is 0 Å². The Bertz CT molecular complexity index is 132. The lowest BCUT2D eigenvalue weighted by Crippen LogP contribution is -2.13. The molecule has 0 atom stereocenters. The van der Waals surface area contributed by atoms with Gasteiger partial charge in [-0.2, -0.15) is 0 Å². The van der Waals surface area contributed by atoms with Crippen molar-refractivity contribution < 1.29 is 5.11 Å². The topological polar surface area (TPSA) is 20.2 Å². The Morgan fingerprint density at radius 1 is 1.15 bits per heavy atom. The van der Waals surface area contributed by atoms with Gasteiger partial charge >= 0.3 is 0 Å². The molecule has 0 amide bonds. The second kappa shape index (κ2) is 4.99. The van der Waals surface area contributed by atoms with Gasteiger partial charge in [-0.1, -0.05) is 39.5 Å². The highest BCUT2D eigenvalue weighted by Gasteiger charge is 2.42. The molecule has 0 bridgehead atoms. The van der Waals surface area contributed by atoms with Gasteiger partial charge in [-0.15, -0.1) is 0 Å². The molecule has 78 valence electrons.